The average molecular weight is 398 g/mol. The zero-order valence-electron chi connectivity index (χ0n) is 15.6. The van der Waals surface area contributed by atoms with Gasteiger partial charge in [-0.05, 0) is 43.0 Å². The molecule has 3 aromatic rings. The molecule has 0 aliphatic rings. The number of nitrogens with one attached hydrogen (secondary N) is 2. The zero-order chi connectivity index (χ0) is 20.1. The zero-order valence-corrected chi connectivity index (χ0v) is 16.4. The summed E-state index contributed by atoms with van der Waals surface area (Å²) in [6, 6.07) is 15.8. The van der Waals surface area contributed by atoms with Gasteiger partial charge in [0.05, 0.1) is 10.6 Å². The smallest absolute Gasteiger partial charge is 0.251 e. The van der Waals surface area contributed by atoms with Crippen LogP contribution in [0.1, 0.15) is 17.5 Å². The molecule has 0 bridgehead atoms. The number of hydrogen-bond acceptors (Lipinski definition) is 4. The first-order chi connectivity index (χ1) is 13.3. The monoisotopic (exact) mass is 398 g/mol. The van der Waals surface area contributed by atoms with E-state index >= 15 is 0 Å². The molecule has 0 saturated heterocycles. The van der Waals surface area contributed by atoms with Crippen molar-refractivity contribution < 1.29 is 13.2 Å². The first-order valence-electron chi connectivity index (χ1n) is 9.02. The van der Waals surface area contributed by atoms with Gasteiger partial charge in [0, 0.05) is 24.0 Å². The summed E-state index contributed by atoms with van der Waals surface area (Å²) in [6.45, 7) is 2.15. The van der Waals surface area contributed by atoms with E-state index in [-0.39, 0.29) is 35.1 Å². The van der Waals surface area contributed by atoms with Gasteiger partial charge in [-0.15, -0.1) is 0 Å². The van der Waals surface area contributed by atoms with E-state index in [1.54, 1.807) is 24.3 Å². The second-order valence-corrected chi connectivity index (χ2v) is 8.80. The first-order valence-corrected chi connectivity index (χ1v) is 10.7. The van der Waals surface area contributed by atoms with Crippen molar-refractivity contribution >= 4 is 26.6 Å². The molecule has 1 aromatic heterocycles. The highest BCUT2D eigenvalue weighted by molar-refractivity contribution is 7.91. The fourth-order valence-electron chi connectivity index (χ4n) is 2.89. The maximum absolute atomic E-state index is 12.3. The lowest BCUT2D eigenvalue weighted by atomic mass is 10.1. The largest absolute Gasteiger partial charge is 0.356 e. The number of carbonyl (C=O) groups is 1. The standard InChI is InChI=1S/C21H22N2O4S/c1-15-6-8-18(9-7-15)28(26,27)13-11-20(24)22-12-10-17-14-16-4-2-3-5-19(16)23-21(17)25/h2-9,14H,10-13H2,1H3,(H,22,24)(H,23,25). The molecule has 0 aliphatic carbocycles. The van der Waals surface area contributed by atoms with E-state index in [9.17, 15) is 18.0 Å². The number of H-pyrrole nitrogens is 1. The predicted molar refractivity (Wildman–Crippen MR) is 109 cm³/mol. The van der Waals surface area contributed by atoms with E-state index in [0.29, 0.717) is 12.0 Å². The molecular formula is C21H22N2O4S. The third-order valence-corrected chi connectivity index (χ3v) is 6.26. The SMILES string of the molecule is Cc1ccc(S(=O)(=O)CCC(=O)NCCc2cc3ccccc3[nH]c2=O)cc1. The number of aromatic amines is 1. The Bertz CT molecular complexity index is 1150. The van der Waals surface area contributed by atoms with Crippen LogP contribution in [0, 0.1) is 6.92 Å². The highest BCUT2D eigenvalue weighted by Crippen LogP contribution is 2.13. The number of carbonyl (C=O) groups excluding carboxylic acids is 1. The molecule has 3 rings (SSSR count). The number of fused-ring (bicyclic) bond motifs is 1. The summed E-state index contributed by atoms with van der Waals surface area (Å²) in [4.78, 5) is 27.1. The van der Waals surface area contributed by atoms with Crippen LogP contribution in [0.15, 0.2) is 64.3 Å². The summed E-state index contributed by atoms with van der Waals surface area (Å²) >= 11 is 0. The second kappa shape index (κ2) is 8.39. The molecule has 1 heterocycles. The normalized spacial score (nSPS) is 11.5. The Balaban J connectivity index is 1.53. The van der Waals surface area contributed by atoms with Gasteiger partial charge in [-0.2, -0.15) is 0 Å². The fourth-order valence-corrected chi connectivity index (χ4v) is 4.13. The van der Waals surface area contributed by atoms with Gasteiger partial charge in [-0.3, -0.25) is 9.59 Å². The average Bonchev–Trinajstić information content (AvgIpc) is 2.67. The third kappa shape index (κ3) is 4.86. The van der Waals surface area contributed by atoms with Gasteiger partial charge in [0.2, 0.25) is 5.91 Å². The quantitative estimate of drug-likeness (QED) is 0.639. The fraction of sp³-hybridized carbons (Fsp3) is 0.238. The van der Waals surface area contributed by atoms with Crippen molar-refractivity contribution in [2.24, 2.45) is 0 Å². The Hall–Kier alpha value is -2.93. The minimum Gasteiger partial charge on any atom is -0.356 e. The summed E-state index contributed by atoms with van der Waals surface area (Å²) in [6.07, 6.45) is 0.251. The van der Waals surface area contributed by atoms with Crippen molar-refractivity contribution in [3.8, 4) is 0 Å². The van der Waals surface area contributed by atoms with Crippen molar-refractivity contribution in [1.82, 2.24) is 10.3 Å². The number of hydrogen-bond donors (Lipinski definition) is 2. The van der Waals surface area contributed by atoms with Crippen molar-refractivity contribution in [2.45, 2.75) is 24.7 Å². The Labute approximate surface area is 163 Å². The predicted octanol–water partition coefficient (Wildman–Crippen LogP) is 2.36. The molecule has 2 aromatic carbocycles. The van der Waals surface area contributed by atoms with Crippen LogP contribution in [0.2, 0.25) is 0 Å². The minimum atomic E-state index is -3.50. The van der Waals surface area contributed by atoms with Crippen LogP contribution in [-0.4, -0.2) is 31.6 Å². The molecule has 0 spiro atoms. The number of rotatable bonds is 7. The van der Waals surface area contributed by atoms with Crippen LogP contribution in [0.25, 0.3) is 10.9 Å². The molecule has 0 unspecified atom stereocenters. The van der Waals surface area contributed by atoms with Gasteiger partial charge in [-0.25, -0.2) is 8.42 Å². The highest BCUT2D eigenvalue weighted by atomic mass is 32.2. The van der Waals surface area contributed by atoms with Crippen LogP contribution >= 0.6 is 0 Å². The molecule has 0 fully saturated rings. The van der Waals surface area contributed by atoms with Crippen molar-refractivity contribution in [2.75, 3.05) is 12.3 Å². The lowest BCUT2D eigenvalue weighted by molar-refractivity contribution is -0.120. The van der Waals surface area contributed by atoms with Gasteiger partial charge in [0.15, 0.2) is 9.84 Å². The summed E-state index contributed by atoms with van der Waals surface area (Å²) < 4.78 is 24.6. The summed E-state index contributed by atoms with van der Waals surface area (Å²) in [5.41, 5.74) is 2.13. The van der Waals surface area contributed by atoms with Gasteiger partial charge in [0.1, 0.15) is 0 Å². The number of sulfone groups is 1. The van der Waals surface area contributed by atoms with Crippen LogP contribution in [0.3, 0.4) is 0 Å². The Morgan fingerprint density at radius 2 is 1.79 bits per heavy atom. The van der Waals surface area contributed by atoms with Crippen LogP contribution in [-0.2, 0) is 21.1 Å². The number of aryl methyl sites for hydroxylation is 1. The van der Waals surface area contributed by atoms with E-state index in [1.165, 1.54) is 0 Å². The van der Waals surface area contributed by atoms with E-state index in [2.05, 4.69) is 10.3 Å². The Kier molecular flexibility index (Phi) is 5.94. The molecule has 28 heavy (non-hydrogen) atoms. The molecule has 2 N–H and O–H groups in total. The topological polar surface area (TPSA) is 96.1 Å². The van der Waals surface area contributed by atoms with Crippen LogP contribution in [0.4, 0.5) is 0 Å². The van der Waals surface area contributed by atoms with Gasteiger partial charge in [0.25, 0.3) is 5.56 Å². The first kappa shape index (κ1) is 19.8. The van der Waals surface area contributed by atoms with Crippen LogP contribution in [0.5, 0.6) is 0 Å². The lowest BCUT2D eigenvalue weighted by Gasteiger charge is -2.07. The maximum Gasteiger partial charge on any atom is 0.251 e. The molecule has 0 radical (unpaired) electrons. The molecule has 0 saturated carbocycles. The molecular weight excluding hydrogens is 376 g/mol. The molecule has 0 atom stereocenters. The van der Waals surface area contributed by atoms with Crippen molar-refractivity contribution in [3.63, 3.8) is 0 Å². The number of benzene rings is 2. The van der Waals surface area contributed by atoms with E-state index in [0.717, 1.165) is 16.5 Å². The number of amides is 1. The summed E-state index contributed by atoms with van der Waals surface area (Å²) in [5.74, 6) is -0.605. The maximum atomic E-state index is 12.3. The van der Waals surface area contributed by atoms with Crippen LogP contribution < -0.4 is 10.9 Å². The van der Waals surface area contributed by atoms with Gasteiger partial charge < -0.3 is 10.3 Å². The number of para-hydroxylation sites is 1. The number of pyridine rings is 1. The van der Waals surface area contributed by atoms with Crippen molar-refractivity contribution in [3.05, 3.63) is 76.1 Å². The van der Waals surface area contributed by atoms with Gasteiger partial charge >= 0.3 is 0 Å². The Morgan fingerprint density at radius 3 is 2.54 bits per heavy atom. The molecule has 6 nitrogen and oxygen atoms in total. The van der Waals surface area contributed by atoms with E-state index < -0.39 is 9.84 Å². The Morgan fingerprint density at radius 1 is 1.07 bits per heavy atom. The molecule has 7 heteroatoms. The van der Waals surface area contributed by atoms with E-state index in [4.69, 9.17) is 0 Å². The highest BCUT2D eigenvalue weighted by Gasteiger charge is 2.16. The molecule has 146 valence electrons. The van der Waals surface area contributed by atoms with E-state index in [1.807, 2.05) is 37.3 Å². The van der Waals surface area contributed by atoms with Gasteiger partial charge in [-0.1, -0.05) is 35.9 Å². The minimum absolute atomic E-state index is 0.121. The molecule has 1 amide bonds. The third-order valence-electron chi connectivity index (χ3n) is 4.52. The van der Waals surface area contributed by atoms with Crippen molar-refractivity contribution in [1.29, 1.82) is 0 Å². The second-order valence-electron chi connectivity index (χ2n) is 6.69. The summed E-state index contributed by atoms with van der Waals surface area (Å²) in [5, 5.41) is 3.61. The lowest BCUT2D eigenvalue weighted by Crippen LogP contribution is -2.29. The molecule has 0 aliphatic heterocycles. The summed E-state index contributed by atoms with van der Waals surface area (Å²) in [7, 11) is -3.50. The number of aromatic nitrogens is 1.